The third kappa shape index (κ3) is 4.09. The number of rotatable bonds is 3. The van der Waals surface area contributed by atoms with E-state index in [1.807, 2.05) is 45.0 Å². The Hall–Kier alpha value is -3.33. The second-order valence-electron chi connectivity index (χ2n) is 7.11. The number of aromatic nitrogens is 1. The van der Waals surface area contributed by atoms with Gasteiger partial charge < -0.3 is 4.57 Å². The van der Waals surface area contributed by atoms with Crippen molar-refractivity contribution in [2.75, 3.05) is 0 Å². The average Bonchev–Trinajstić information content (AvgIpc) is 2.65. The lowest BCUT2D eigenvalue weighted by molar-refractivity contribution is -0.137. The van der Waals surface area contributed by atoms with E-state index in [-0.39, 0.29) is 12.2 Å². The molecule has 0 radical (unpaired) electrons. The number of nitriles is 1. The molecule has 1 aromatic heterocycles. The number of hydrogen-bond acceptors (Lipinski definition) is 2. The molecule has 0 N–H and O–H groups in total. The molecule has 2 aromatic carbocycles. The van der Waals surface area contributed by atoms with E-state index in [4.69, 9.17) is 0 Å². The van der Waals surface area contributed by atoms with Crippen LogP contribution in [0.1, 0.15) is 33.4 Å². The second-order valence-corrected chi connectivity index (χ2v) is 7.11. The number of halogens is 3. The summed E-state index contributed by atoms with van der Waals surface area (Å²) in [5, 5.41) is 9.28. The molecule has 29 heavy (non-hydrogen) atoms. The van der Waals surface area contributed by atoms with E-state index in [2.05, 4.69) is 0 Å². The van der Waals surface area contributed by atoms with E-state index in [1.165, 1.54) is 10.6 Å². The van der Waals surface area contributed by atoms with Crippen molar-refractivity contribution in [2.24, 2.45) is 0 Å². The molecule has 0 unspecified atom stereocenters. The zero-order valence-electron chi connectivity index (χ0n) is 16.3. The Labute approximate surface area is 166 Å². The standard InChI is InChI=1S/C23H19F3N2O/c1-14-5-4-6-18(9-14)21-11-20(23(24,25)26)19(12-27)22(29)28(21)13-17-8-7-15(2)16(3)10-17/h4-11H,13H2,1-3H3. The van der Waals surface area contributed by atoms with Crippen LogP contribution in [0.2, 0.25) is 0 Å². The van der Waals surface area contributed by atoms with Crippen LogP contribution in [0.25, 0.3) is 11.3 Å². The highest BCUT2D eigenvalue weighted by atomic mass is 19.4. The maximum Gasteiger partial charge on any atom is 0.417 e. The third-order valence-corrected chi connectivity index (χ3v) is 4.94. The lowest BCUT2D eigenvalue weighted by atomic mass is 10.0. The van der Waals surface area contributed by atoms with Crippen LogP contribution in [0, 0.1) is 32.1 Å². The predicted molar refractivity (Wildman–Crippen MR) is 106 cm³/mol. The van der Waals surface area contributed by atoms with E-state index in [0.717, 1.165) is 28.3 Å². The van der Waals surface area contributed by atoms with Crippen LogP contribution < -0.4 is 5.56 Å². The van der Waals surface area contributed by atoms with Crippen molar-refractivity contribution in [1.29, 1.82) is 5.26 Å². The lowest BCUT2D eigenvalue weighted by Crippen LogP contribution is -2.28. The van der Waals surface area contributed by atoms with E-state index < -0.39 is 22.9 Å². The van der Waals surface area contributed by atoms with E-state index in [0.29, 0.717) is 5.56 Å². The Morgan fingerprint density at radius 3 is 2.31 bits per heavy atom. The first-order chi connectivity index (χ1) is 13.6. The van der Waals surface area contributed by atoms with Gasteiger partial charge in [0, 0.05) is 0 Å². The molecule has 0 fully saturated rings. The molecule has 6 heteroatoms. The number of benzene rings is 2. The van der Waals surface area contributed by atoms with Crippen molar-refractivity contribution in [2.45, 2.75) is 33.5 Å². The van der Waals surface area contributed by atoms with Gasteiger partial charge in [0.15, 0.2) is 0 Å². The summed E-state index contributed by atoms with van der Waals surface area (Å²) < 4.78 is 41.9. The van der Waals surface area contributed by atoms with Crippen LogP contribution in [0.3, 0.4) is 0 Å². The normalized spacial score (nSPS) is 11.3. The van der Waals surface area contributed by atoms with Gasteiger partial charge >= 0.3 is 6.18 Å². The van der Waals surface area contributed by atoms with Crippen LogP contribution in [0.15, 0.2) is 53.3 Å². The van der Waals surface area contributed by atoms with Gasteiger partial charge in [-0.1, -0.05) is 42.0 Å². The summed E-state index contributed by atoms with van der Waals surface area (Å²) >= 11 is 0. The van der Waals surface area contributed by atoms with Gasteiger partial charge in [-0.15, -0.1) is 0 Å². The fraction of sp³-hybridized carbons (Fsp3) is 0.217. The molecular formula is C23H19F3N2O. The van der Waals surface area contributed by atoms with Crippen LogP contribution in [0.5, 0.6) is 0 Å². The minimum atomic E-state index is -4.80. The highest BCUT2D eigenvalue weighted by Gasteiger charge is 2.36. The highest BCUT2D eigenvalue weighted by Crippen LogP contribution is 2.34. The molecule has 3 aromatic rings. The minimum absolute atomic E-state index is 0.0655. The van der Waals surface area contributed by atoms with Crippen molar-refractivity contribution >= 4 is 0 Å². The van der Waals surface area contributed by atoms with Crippen LogP contribution >= 0.6 is 0 Å². The maximum absolute atomic E-state index is 13.5. The summed E-state index contributed by atoms with van der Waals surface area (Å²) in [4.78, 5) is 12.9. The maximum atomic E-state index is 13.5. The van der Waals surface area contributed by atoms with E-state index in [9.17, 15) is 23.2 Å². The topological polar surface area (TPSA) is 45.8 Å². The smallest absolute Gasteiger partial charge is 0.303 e. The molecule has 0 aliphatic heterocycles. The van der Waals surface area contributed by atoms with Crippen molar-refractivity contribution < 1.29 is 13.2 Å². The molecule has 3 rings (SSSR count). The van der Waals surface area contributed by atoms with E-state index >= 15 is 0 Å². The Bertz CT molecular complexity index is 1180. The van der Waals surface area contributed by atoms with Gasteiger partial charge in [-0.05, 0) is 55.2 Å². The molecule has 0 bridgehead atoms. The number of aryl methyl sites for hydroxylation is 3. The fourth-order valence-electron chi connectivity index (χ4n) is 3.26. The minimum Gasteiger partial charge on any atom is -0.303 e. The van der Waals surface area contributed by atoms with Crippen molar-refractivity contribution in [3.63, 3.8) is 0 Å². The Morgan fingerprint density at radius 2 is 1.72 bits per heavy atom. The number of alkyl halides is 3. The lowest BCUT2D eigenvalue weighted by Gasteiger charge is -2.18. The van der Waals surface area contributed by atoms with Crippen LogP contribution in [-0.4, -0.2) is 4.57 Å². The fourth-order valence-corrected chi connectivity index (χ4v) is 3.26. The highest BCUT2D eigenvalue weighted by molar-refractivity contribution is 5.63. The summed E-state index contributed by atoms with van der Waals surface area (Å²) in [6.07, 6.45) is -4.80. The number of pyridine rings is 1. The van der Waals surface area contributed by atoms with Gasteiger partial charge in [-0.3, -0.25) is 4.79 Å². The average molecular weight is 396 g/mol. The largest absolute Gasteiger partial charge is 0.417 e. The summed E-state index contributed by atoms with van der Waals surface area (Å²) in [5.74, 6) is 0. The molecule has 0 saturated carbocycles. The van der Waals surface area contributed by atoms with Gasteiger partial charge in [-0.25, -0.2) is 0 Å². The molecule has 0 aliphatic rings. The zero-order valence-corrected chi connectivity index (χ0v) is 16.3. The van der Waals surface area contributed by atoms with Gasteiger partial charge in [0.1, 0.15) is 11.6 Å². The quantitative estimate of drug-likeness (QED) is 0.597. The Kier molecular flexibility index (Phi) is 5.34. The molecule has 3 nitrogen and oxygen atoms in total. The van der Waals surface area contributed by atoms with Gasteiger partial charge in [-0.2, -0.15) is 18.4 Å². The molecule has 0 saturated heterocycles. The second kappa shape index (κ2) is 7.59. The summed E-state index contributed by atoms with van der Waals surface area (Å²) in [7, 11) is 0. The first-order valence-electron chi connectivity index (χ1n) is 9.00. The van der Waals surface area contributed by atoms with Crippen LogP contribution in [-0.2, 0) is 12.7 Å². The van der Waals surface area contributed by atoms with Gasteiger partial charge in [0.2, 0.25) is 0 Å². The molecule has 1 heterocycles. The van der Waals surface area contributed by atoms with E-state index in [1.54, 1.807) is 18.2 Å². The Balaban J connectivity index is 2.31. The SMILES string of the molecule is Cc1cccc(-c2cc(C(F)(F)F)c(C#N)c(=O)n2Cc2ccc(C)c(C)c2)c1. The summed E-state index contributed by atoms with van der Waals surface area (Å²) in [6.45, 7) is 5.77. The van der Waals surface area contributed by atoms with Crippen LogP contribution in [0.4, 0.5) is 13.2 Å². The van der Waals surface area contributed by atoms with Crippen molar-refractivity contribution in [3.8, 4) is 17.3 Å². The monoisotopic (exact) mass is 396 g/mol. The third-order valence-electron chi connectivity index (χ3n) is 4.94. The number of nitrogens with zero attached hydrogens (tertiary/aromatic N) is 2. The molecule has 0 atom stereocenters. The Morgan fingerprint density at radius 1 is 1.00 bits per heavy atom. The molecule has 148 valence electrons. The summed E-state index contributed by atoms with van der Waals surface area (Å²) in [6, 6.07) is 14.9. The van der Waals surface area contributed by atoms with Gasteiger partial charge in [0.05, 0.1) is 17.8 Å². The number of hydrogen-bond donors (Lipinski definition) is 0. The molecule has 0 amide bonds. The zero-order chi connectivity index (χ0) is 21.3. The molecular weight excluding hydrogens is 377 g/mol. The summed E-state index contributed by atoms with van der Waals surface area (Å²) in [5.41, 5.74) is 1.28. The van der Waals surface area contributed by atoms with Crippen molar-refractivity contribution in [3.05, 3.63) is 92.3 Å². The molecule has 0 spiro atoms. The van der Waals surface area contributed by atoms with Crippen molar-refractivity contribution in [1.82, 2.24) is 4.57 Å². The first-order valence-corrected chi connectivity index (χ1v) is 9.00. The van der Waals surface area contributed by atoms with Gasteiger partial charge in [0.25, 0.3) is 5.56 Å². The molecule has 0 aliphatic carbocycles. The predicted octanol–water partition coefficient (Wildman–Crippen LogP) is 5.38. The first kappa shape index (κ1) is 20.4.